The molecular weight excluding hydrogens is 486 g/mol. The van der Waals surface area contributed by atoms with Crippen LogP contribution < -0.4 is 5.32 Å². The Balaban J connectivity index is 1.35. The molecule has 1 aromatic carbocycles. The lowest BCUT2D eigenvalue weighted by atomic mass is 10.1. The maximum Gasteiger partial charge on any atom is 0.229 e. The molecule has 0 aliphatic carbocycles. The highest BCUT2D eigenvalue weighted by atomic mass is 19.1. The Kier molecular flexibility index (Phi) is 7.36. The highest BCUT2D eigenvalue weighted by Gasteiger charge is 2.23. The molecule has 38 heavy (non-hydrogen) atoms. The molecule has 1 aliphatic rings. The van der Waals surface area contributed by atoms with Crippen LogP contribution in [0.15, 0.2) is 36.7 Å². The number of aromatic nitrogens is 5. The fourth-order valence-corrected chi connectivity index (χ4v) is 5.22. The smallest absolute Gasteiger partial charge is 0.229 e. The number of hydrogen-bond acceptors (Lipinski definition) is 7. The second-order valence-electron chi connectivity index (χ2n) is 10.2. The van der Waals surface area contributed by atoms with Gasteiger partial charge in [-0.15, -0.1) is 0 Å². The highest BCUT2D eigenvalue weighted by molar-refractivity contribution is 5.83. The van der Waals surface area contributed by atoms with E-state index >= 15 is 0 Å². The third-order valence-electron chi connectivity index (χ3n) is 7.21. The molecule has 0 amide bonds. The minimum atomic E-state index is -0.637. The highest BCUT2D eigenvalue weighted by Crippen LogP contribution is 2.30. The van der Waals surface area contributed by atoms with Gasteiger partial charge in [0.25, 0.3) is 0 Å². The van der Waals surface area contributed by atoms with E-state index in [1.54, 1.807) is 6.07 Å². The fourth-order valence-electron chi connectivity index (χ4n) is 5.22. The van der Waals surface area contributed by atoms with Crippen molar-refractivity contribution in [2.45, 2.75) is 53.2 Å². The molecule has 1 saturated heterocycles. The summed E-state index contributed by atoms with van der Waals surface area (Å²) in [6.07, 6.45) is 2.92. The van der Waals surface area contributed by atoms with Gasteiger partial charge in [0.15, 0.2) is 11.6 Å². The van der Waals surface area contributed by atoms with E-state index in [1.807, 2.05) is 43.7 Å². The zero-order valence-electron chi connectivity index (χ0n) is 22.5. The number of piperazine rings is 1. The van der Waals surface area contributed by atoms with Gasteiger partial charge >= 0.3 is 0 Å². The van der Waals surface area contributed by atoms with Crippen LogP contribution in [0, 0.1) is 18.6 Å². The first-order valence-electron chi connectivity index (χ1n) is 13.1. The number of likely N-dealkylation sites (N-methyl/N-ethyl adjacent to an activating group) is 1. The largest absolute Gasteiger partial charge is 0.326 e. The summed E-state index contributed by atoms with van der Waals surface area (Å²) in [6, 6.07) is 7.44. The van der Waals surface area contributed by atoms with Gasteiger partial charge in [0, 0.05) is 50.0 Å². The minimum absolute atomic E-state index is 0.00860. The summed E-state index contributed by atoms with van der Waals surface area (Å²) < 4.78 is 31.7. The Bertz CT molecular complexity index is 1430. The molecule has 1 atom stereocenters. The molecule has 0 saturated carbocycles. The number of hydrogen-bond donors (Lipinski definition) is 1. The zero-order chi connectivity index (χ0) is 27.0. The molecule has 0 bridgehead atoms. The second-order valence-corrected chi connectivity index (χ2v) is 10.2. The first-order chi connectivity index (χ1) is 18.2. The van der Waals surface area contributed by atoms with Gasteiger partial charge in [-0.05, 0) is 58.0 Å². The summed E-state index contributed by atoms with van der Waals surface area (Å²) in [6.45, 7) is 15.4. The topological polar surface area (TPSA) is 75.0 Å². The molecule has 0 spiro atoms. The van der Waals surface area contributed by atoms with E-state index in [0.29, 0.717) is 28.8 Å². The van der Waals surface area contributed by atoms with E-state index in [2.05, 4.69) is 48.9 Å². The summed E-state index contributed by atoms with van der Waals surface area (Å²) >= 11 is 0. The number of imidazole rings is 1. The third-order valence-corrected chi connectivity index (χ3v) is 7.21. The van der Waals surface area contributed by atoms with Crippen LogP contribution in [0.25, 0.3) is 22.3 Å². The molecule has 0 radical (unpaired) electrons. The molecule has 1 fully saturated rings. The van der Waals surface area contributed by atoms with Gasteiger partial charge in [-0.3, -0.25) is 4.90 Å². The van der Waals surface area contributed by atoms with Crippen molar-refractivity contribution < 1.29 is 8.78 Å². The number of aryl methyl sites for hydroxylation is 1. The number of halogens is 2. The second kappa shape index (κ2) is 10.7. The van der Waals surface area contributed by atoms with Crippen molar-refractivity contribution in [1.82, 2.24) is 34.3 Å². The number of pyridine rings is 1. The lowest BCUT2D eigenvalue weighted by Gasteiger charge is -2.39. The number of rotatable bonds is 7. The molecule has 10 heteroatoms. The minimum Gasteiger partial charge on any atom is -0.326 e. The summed E-state index contributed by atoms with van der Waals surface area (Å²) in [5.74, 6) is 0.270. The quantitative estimate of drug-likeness (QED) is 0.353. The van der Waals surface area contributed by atoms with Crippen molar-refractivity contribution in [3.05, 3.63) is 59.7 Å². The van der Waals surface area contributed by atoms with Gasteiger partial charge in [0.2, 0.25) is 5.95 Å². The van der Waals surface area contributed by atoms with Gasteiger partial charge in [-0.25, -0.2) is 28.7 Å². The summed E-state index contributed by atoms with van der Waals surface area (Å²) in [7, 11) is 0. The molecule has 4 aromatic rings. The lowest BCUT2D eigenvalue weighted by molar-refractivity contribution is 0.0811. The van der Waals surface area contributed by atoms with Crippen molar-refractivity contribution >= 4 is 22.8 Å². The first-order valence-corrected chi connectivity index (χ1v) is 13.1. The molecule has 0 unspecified atom stereocenters. The van der Waals surface area contributed by atoms with Gasteiger partial charge in [-0.1, -0.05) is 13.0 Å². The van der Waals surface area contributed by atoms with Crippen molar-refractivity contribution in [2.75, 3.05) is 31.5 Å². The Morgan fingerprint density at radius 2 is 1.87 bits per heavy atom. The van der Waals surface area contributed by atoms with Gasteiger partial charge in [0.05, 0.1) is 11.7 Å². The van der Waals surface area contributed by atoms with E-state index in [0.717, 1.165) is 44.5 Å². The normalized spacial score (nSPS) is 17.0. The summed E-state index contributed by atoms with van der Waals surface area (Å²) in [5, 5.41) is 3.05. The van der Waals surface area contributed by atoms with E-state index in [4.69, 9.17) is 0 Å². The standard InChI is InChI=1S/C28H34F2N8/c1-6-36-9-10-37(18(4)15-36)16-20-7-8-25(31-13-20)34-28-32-14-23(30)26(35-28)21-11-22(29)27-24(12-21)38(17(2)3)19(5)33-27/h7-8,11-14,17-18H,6,9-10,15-16H2,1-5H3,(H,31,32,34,35)/t18-/m1/s1. The number of anilines is 2. The predicted molar refractivity (Wildman–Crippen MR) is 145 cm³/mol. The van der Waals surface area contributed by atoms with Gasteiger partial charge in [0.1, 0.15) is 22.9 Å². The number of benzene rings is 1. The molecular formula is C28H34F2N8. The van der Waals surface area contributed by atoms with Crippen LogP contribution in [0.1, 0.15) is 45.1 Å². The Morgan fingerprint density at radius 1 is 1.05 bits per heavy atom. The molecule has 5 rings (SSSR count). The van der Waals surface area contributed by atoms with Crippen LogP contribution >= 0.6 is 0 Å². The molecule has 3 aromatic heterocycles. The van der Waals surface area contributed by atoms with E-state index in [9.17, 15) is 8.78 Å². The number of nitrogens with one attached hydrogen (secondary N) is 1. The maximum atomic E-state index is 15.0. The van der Waals surface area contributed by atoms with Crippen molar-refractivity contribution in [2.24, 2.45) is 0 Å². The number of fused-ring (bicyclic) bond motifs is 1. The Hall–Kier alpha value is -3.50. The lowest BCUT2D eigenvalue weighted by Crippen LogP contribution is -2.51. The monoisotopic (exact) mass is 520 g/mol. The summed E-state index contributed by atoms with van der Waals surface area (Å²) in [5.41, 5.74) is 2.31. The van der Waals surface area contributed by atoms with Gasteiger partial charge in [-0.2, -0.15) is 0 Å². The average Bonchev–Trinajstić information content (AvgIpc) is 3.24. The van der Waals surface area contributed by atoms with Crippen molar-refractivity contribution in [1.29, 1.82) is 0 Å². The predicted octanol–water partition coefficient (Wildman–Crippen LogP) is 5.33. The van der Waals surface area contributed by atoms with Crippen LogP contribution in [0.5, 0.6) is 0 Å². The average molecular weight is 521 g/mol. The first kappa shape index (κ1) is 26.1. The van der Waals surface area contributed by atoms with Crippen LogP contribution in [0.2, 0.25) is 0 Å². The zero-order valence-corrected chi connectivity index (χ0v) is 22.5. The molecule has 1 N–H and O–H groups in total. The van der Waals surface area contributed by atoms with Crippen LogP contribution in [0.4, 0.5) is 20.5 Å². The van der Waals surface area contributed by atoms with Gasteiger partial charge < -0.3 is 14.8 Å². The van der Waals surface area contributed by atoms with Crippen LogP contribution in [0.3, 0.4) is 0 Å². The Labute approximate surface area is 221 Å². The molecule has 1 aliphatic heterocycles. The molecule has 4 heterocycles. The van der Waals surface area contributed by atoms with E-state index in [-0.39, 0.29) is 23.2 Å². The molecule has 8 nitrogen and oxygen atoms in total. The third kappa shape index (κ3) is 5.23. The number of nitrogens with zero attached hydrogens (tertiary/aromatic N) is 7. The van der Waals surface area contributed by atoms with Crippen LogP contribution in [-0.4, -0.2) is 66.5 Å². The van der Waals surface area contributed by atoms with Crippen molar-refractivity contribution in [3.63, 3.8) is 0 Å². The van der Waals surface area contributed by atoms with E-state index < -0.39 is 11.6 Å². The van der Waals surface area contributed by atoms with Crippen molar-refractivity contribution in [3.8, 4) is 11.3 Å². The fraction of sp³-hybridized carbons (Fsp3) is 0.429. The SMILES string of the molecule is CCN1CCN(Cc2ccc(Nc3ncc(F)c(-c4cc(F)c5nc(C)n(C(C)C)c5c4)n3)nc2)[C@H](C)C1. The van der Waals surface area contributed by atoms with Crippen LogP contribution in [-0.2, 0) is 6.54 Å². The molecule has 200 valence electrons. The Morgan fingerprint density at radius 3 is 2.55 bits per heavy atom. The summed E-state index contributed by atoms with van der Waals surface area (Å²) in [4.78, 5) is 22.2. The maximum absolute atomic E-state index is 15.0. The van der Waals surface area contributed by atoms with E-state index in [1.165, 1.54) is 6.07 Å².